The van der Waals surface area contributed by atoms with Crippen LogP contribution in [0.25, 0.3) is 0 Å². The number of hydrogen-bond acceptors (Lipinski definition) is 6. The Morgan fingerprint density at radius 1 is 1.38 bits per heavy atom. The number of amides is 1. The molecular weight excluding hydrogens is 352 g/mol. The average Bonchev–Trinajstić information content (AvgIpc) is 3.35. The van der Waals surface area contributed by atoms with Crippen LogP contribution < -0.4 is 5.32 Å². The van der Waals surface area contributed by atoms with Crippen molar-refractivity contribution >= 4 is 17.7 Å². The van der Waals surface area contributed by atoms with Crippen LogP contribution >= 0.6 is 11.8 Å². The lowest BCUT2D eigenvalue weighted by Gasteiger charge is -2.05. The highest BCUT2D eigenvalue weighted by atomic mass is 32.2. The predicted octanol–water partition coefficient (Wildman–Crippen LogP) is 2.84. The van der Waals surface area contributed by atoms with E-state index in [0.29, 0.717) is 29.0 Å². The zero-order valence-corrected chi connectivity index (χ0v) is 15.9. The summed E-state index contributed by atoms with van der Waals surface area (Å²) < 4.78 is 7.61. The SMILES string of the molecule is CCCn1nc(C)c(CNC(=O)c2ccc(CSc3ncn[nH]3)o2)c1C. The molecule has 3 rings (SSSR count). The molecule has 3 aromatic heterocycles. The van der Waals surface area contributed by atoms with Crippen molar-refractivity contribution in [3.05, 3.63) is 46.9 Å². The maximum Gasteiger partial charge on any atom is 0.287 e. The van der Waals surface area contributed by atoms with Crippen molar-refractivity contribution in [2.24, 2.45) is 0 Å². The second-order valence-corrected chi connectivity index (χ2v) is 6.86. The van der Waals surface area contributed by atoms with Crippen LogP contribution in [-0.4, -0.2) is 30.9 Å². The number of aromatic amines is 1. The fourth-order valence-electron chi connectivity index (χ4n) is 2.66. The third kappa shape index (κ3) is 4.16. The van der Waals surface area contributed by atoms with Crippen LogP contribution in [0.3, 0.4) is 0 Å². The fraction of sp³-hybridized carbons (Fsp3) is 0.412. The lowest BCUT2D eigenvalue weighted by atomic mass is 10.2. The first-order valence-electron chi connectivity index (χ1n) is 8.46. The van der Waals surface area contributed by atoms with E-state index in [1.807, 2.05) is 18.5 Å². The van der Waals surface area contributed by atoms with Gasteiger partial charge < -0.3 is 9.73 Å². The number of rotatable bonds is 8. The molecule has 3 aromatic rings. The van der Waals surface area contributed by atoms with Crippen LogP contribution in [0, 0.1) is 13.8 Å². The zero-order valence-electron chi connectivity index (χ0n) is 15.1. The maximum atomic E-state index is 12.4. The van der Waals surface area contributed by atoms with Crippen molar-refractivity contribution in [3.63, 3.8) is 0 Å². The highest BCUT2D eigenvalue weighted by molar-refractivity contribution is 7.98. The van der Waals surface area contributed by atoms with E-state index in [0.717, 1.165) is 29.9 Å². The Labute approximate surface area is 155 Å². The Bertz CT molecular complexity index is 868. The van der Waals surface area contributed by atoms with Gasteiger partial charge in [-0.25, -0.2) is 4.98 Å². The summed E-state index contributed by atoms with van der Waals surface area (Å²) in [5, 5.41) is 14.7. The van der Waals surface area contributed by atoms with Gasteiger partial charge in [0.05, 0.1) is 11.4 Å². The van der Waals surface area contributed by atoms with Gasteiger partial charge in [-0.15, -0.1) is 0 Å². The summed E-state index contributed by atoms with van der Waals surface area (Å²) in [5.74, 6) is 1.35. The van der Waals surface area contributed by atoms with Crippen LogP contribution in [0.4, 0.5) is 0 Å². The smallest absolute Gasteiger partial charge is 0.287 e. The molecule has 1 amide bonds. The predicted molar refractivity (Wildman–Crippen MR) is 97.8 cm³/mol. The molecule has 0 fully saturated rings. The van der Waals surface area contributed by atoms with Gasteiger partial charge in [0, 0.05) is 24.3 Å². The highest BCUT2D eigenvalue weighted by Crippen LogP contribution is 2.20. The van der Waals surface area contributed by atoms with Gasteiger partial charge in [-0.3, -0.25) is 14.6 Å². The van der Waals surface area contributed by atoms with Crippen LogP contribution in [-0.2, 0) is 18.8 Å². The monoisotopic (exact) mass is 374 g/mol. The van der Waals surface area contributed by atoms with Gasteiger partial charge in [-0.2, -0.15) is 10.2 Å². The number of carbonyl (C=O) groups is 1. The van der Waals surface area contributed by atoms with Crippen molar-refractivity contribution in [1.82, 2.24) is 30.3 Å². The topological polar surface area (TPSA) is 102 Å². The Morgan fingerprint density at radius 2 is 2.23 bits per heavy atom. The number of hydrogen-bond donors (Lipinski definition) is 2. The first-order valence-corrected chi connectivity index (χ1v) is 9.45. The minimum atomic E-state index is -0.233. The van der Waals surface area contributed by atoms with Gasteiger partial charge in [0.2, 0.25) is 0 Å². The molecule has 0 bridgehead atoms. The number of thioether (sulfide) groups is 1. The summed E-state index contributed by atoms with van der Waals surface area (Å²) in [6.07, 6.45) is 2.48. The molecule has 0 spiro atoms. The summed E-state index contributed by atoms with van der Waals surface area (Å²) >= 11 is 1.46. The average molecular weight is 374 g/mol. The summed E-state index contributed by atoms with van der Waals surface area (Å²) in [6, 6.07) is 3.49. The van der Waals surface area contributed by atoms with Crippen LogP contribution in [0.1, 0.15) is 46.6 Å². The van der Waals surface area contributed by atoms with Crippen molar-refractivity contribution < 1.29 is 9.21 Å². The normalized spacial score (nSPS) is 11.0. The number of aromatic nitrogens is 5. The number of H-pyrrole nitrogens is 1. The standard InChI is InChI=1S/C17H22N6O2S/c1-4-7-23-12(3)14(11(2)22-23)8-18-16(24)15-6-5-13(25-15)9-26-17-19-10-20-21-17/h5-6,10H,4,7-9H2,1-3H3,(H,18,24)(H,19,20,21). The minimum absolute atomic E-state index is 0.233. The third-order valence-corrected chi connectivity index (χ3v) is 4.92. The first kappa shape index (κ1) is 18.2. The van der Waals surface area contributed by atoms with Gasteiger partial charge >= 0.3 is 0 Å². The second-order valence-electron chi connectivity index (χ2n) is 5.90. The first-order chi connectivity index (χ1) is 12.6. The molecule has 2 N–H and O–H groups in total. The molecule has 0 aromatic carbocycles. The molecular formula is C17H22N6O2S. The van der Waals surface area contributed by atoms with Crippen molar-refractivity contribution in [2.45, 2.75) is 51.2 Å². The van der Waals surface area contributed by atoms with E-state index in [9.17, 15) is 4.79 Å². The number of aryl methyl sites for hydroxylation is 2. The molecule has 0 aliphatic carbocycles. The Balaban J connectivity index is 1.57. The summed E-state index contributed by atoms with van der Waals surface area (Å²) in [7, 11) is 0. The van der Waals surface area contributed by atoms with E-state index in [4.69, 9.17) is 4.42 Å². The van der Waals surface area contributed by atoms with Crippen molar-refractivity contribution in [2.75, 3.05) is 0 Å². The van der Waals surface area contributed by atoms with E-state index in [1.165, 1.54) is 18.1 Å². The molecule has 26 heavy (non-hydrogen) atoms. The summed E-state index contributed by atoms with van der Waals surface area (Å²) in [4.78, 5) is 16.4. The molecule has 138 valence electrons. The summed E-state index contributed by atoms with van der Waals surface area (Å²) in [5.41, 5.74) is 3.09. The quantitative estimate of drug-likeness (QED) is 0.588. The fourth-order valence-corrected chi connectivity index (χ4v) is 3.33. The Hall–Kier alpha value is -2.55. The van der Waals surface area contributed by atoms with Crippen LogP contribution in [0.15, 0.2) is 28.0 Å². The van der Waals surface area contributed by atoms with Crippen molar-refractivity contribution in [1.29, 1.82) is 0 Å². The largest absolute Gasteiger partial charge is 0.455 e. The van der Waals surface area contributed by atoms with Crippen molar-refractivity contribution in [3.8, 4) is 0 Å². The van der Waals surface area contributed by atoms with E-state index in [-0.39, 0.29) is 5.91 Å². The van der Waals surface area contributed by atoms with Gasteiger partial charge in [0.25, 0.3) is 5.91 Å². The third-order valence-electron chi connectivity index (χ3n) is 4.02. The number of nitrogens with zero attached hydrogens (tertiary/aromatic N) is 4. The minimum Gasteiger partial charge on any atom is -0.455 e. The Morgan fingerprint density at radius 3 is 2.96 bits per heavy atom. The van der Waals surface area contributed by atoms with Crippen LogP contribution in [0.5, 0.6) is 0 Å². The number of nitrogens with one attached hydrogen (secondary N) is 2. The van der Waals surface area contributed by atoms with Gasteiger partial charge in [-0.1, -0.05) is 18.7 Å². The molecule has 0 aliphatic rings. The van der Waals surface area contributed by atoms with Gasteiger partial charge in [0.15, 0.2) is 10.9 Å². The maximum absolute atomic E-state index is 12.4. The van der Waals surface area contributed by atoms with Gasteiger partial charge in [-0.05, 0) is 32.4 Å². The molecule has 0 aliphatic heterocycles. The molecule has 0 radical (unpaired) electrons. The second kappa shape index (κ2) is 8.22. The number of carbonyl (C=O) groups excluding carboxylic acids is 1. The van der Waals surface area contributed by atoms with E-state index in [2.05, 4.69) is 32.5 Å². The van der Waals surface area contributed by atoms with Crippen LogP contribution in [0.2, 0.25) is 0 Å². The molecule has 9 heteroatoms. The van der Waals surface area contributed by atoms with Gasteiger partial charge in [0.1, 0.15) is 12.1 Å². The Kier molecular flexibility index (Phi) is 5.77. The van der Waals surface area contributed by atoms with E-state index >= 15 is 0 Å². The van der Waals surface area contributed by atoms with E-state index < -0.39 is 0 Å². The van der Waals surface area contributed by atoms with E-state index in [1.54, 1.807) is 12.1 Å². The molecule has 0 atom stereocenters. The zero-order chi connectivity index (χ0) is 18.5. The number of furan rings is 1. The molecule has 0 unspecified atom stereocenters. The molecule has 0 saturated carbocycles. The highest BCUT2D eigenvalue weighted by Gasteiger charge is 2.15. The molecule has 0 saturated heterocycles. The molecule has 8 nitrogen and oxygen atoms in total. The lowest BCUT2D eigenvalue weighted by molar-refractivity contribution is 0.0921. The summed E-state index contributed by atoms with van der Waals surface area (Å²) in [6.45, 7) is 7.43. The lowest BCUT2D eigenvalue weighted by Crippen LogP contribution is -2.23. The molecule has 3 heterocycles.